The molecule has 0 aliphatic rings. The van der Waals surface area contributed by atoms with Gasteiger partial charge in [-0.15, -0.1) is 0 Å². The highest BCUT2D eigenvalue weighted by Gasteiger charge is 2.12. The number of nitrogens with one attached hydrogen (secondary N) is 2. The van der Waals surface area contributed by atoms with Crippen LogP contribution < -0.4 is 15.0 Å². The fourth-order valence-electron chi connectivity index (χ4n) is 3.16. The van der Waals surface area contributed by atoms with Crippen LogP contribution in [0.15, 0.2) is 29.1 Å². The summed E-state index contributed by atoms with van der Waals surface area (Å²) in [4.78, 5) is 27.8. The van der Waals surface area contributed by atoms with Crippen molar-refractivity contribution in [3.8, 4) is 11.5 Å². The van der Waals surface area contributed by atoms with Crippen LogP contribution in [-0.4, -0.2) is 34.2 Å². The minimum Gasteiger partial charge on any atom is -0.493 e. The van der Waals surface area contributed by atoms with E-state index < -0.39 is 0 Å². The maximum atomic E-state index is 12.5. The number of imidazole rings is 1. The molecule has 0 amide bonds. The number of H-pyrrole nitrogens is 2. The Morgan fingerprint density at radius 3 is 2.07 bits per heavy atom. The van der Waals surface area contributed by atoms with Gasteiger partial charge in [0.15, 0.2) is 11.5 Å². The number of rotatable bonds is 4. The summed E-state index contributed by atoms with van der Waals surface area (Å²) in [5.41, 5.74) is 4.60. The molecule has 0 aliphatic heterocycles. The lowest BCUT2D eigenvalue weighted by Crippen LogP contribution is -2.13. The third-order valence-electron chi connectivity index (χ3n) is 4.74. The molecule has 2 heterocycles. The Morgan fingerprint density at radius 1 is 0.833 bits per heavy atom. The van der Waals surface area contributed by atoms with Crippen LogP contribution in [0.2, 0.25) is 0 Å². The summed E-state index contributed by atoms with van der Waals surface area (Å²) in [6.07, 6.45) is 1.65. The highest BCUT2D eigenvalue weighted by atomic mass is 16.5. The maximum Gasteiger partial charge on any atom is 0.258 e. The predicted octanol–water partition coefficient (Wildman–Crippen LogP) is 4.44. The molecule has 0 spiro atoms. The number of hydrogen-bond donors (Lipinski definition) is 2. The van der Waals surface area contributed by atoms with Crippen molar-refractivity contribution in [3.05, 3.63) is 57.4 Å². The van der Waals surface area contributed by atoms with E-state index in [1.165, 1.54) is 24.7 Å². The van der Waals surface area contributed by atoms with Gasteiger partial charge in [0.25, 0.3) is 5.56 Å². The number of aromatic nitrogens is 4. The number of aromatic amines is 2. The van der Waals surface area contributed by atoms with Gasteiger partial charge in [0.1, 0.15) is 11.6 Å². The van der Waals surface area contributed by atoms with Crippen molar-refractivity contribution in [2.45, 2.75) is 40.5 Å². The molecule has 0 radical (unpaired) electrons. The summed E-state index contributed by atoms with van der Waals surface area (Å²) in [5, 5.41) is 0.451. The summed E-state index contributed by atoms with van der Waals surface area (Å²) >= 11 is 0. The Labute approximate surface area is 175 Å². The fraction of sp³-hybridized carbons (Fsp3) is 0.348. The van der Waals surface area contributed by atoms with Crippen molar-refractivity contribution in [2.24, 2.45) is 0 Å². The van der Waals surface area contributed by atoms with Gasteiger partial charge in [-0.1, -0.05) is 20.3 Å². The molecule has 4 aromatic rings. The van der Waals surface area contributed by atoms with E-state index in [9.17, 15) is 4.79 Å². The molecule has 0 unspecified atom stereocenters. The third kappa shape index (κ3) is 4.30. The van der Waals surface area contributed by atoms with E-state index in [-0.39, 0.29) is 5.56 Å². The zero-order valence-corrected chi connectivity index (χ0v) is 18.3. The molecule has 2 aromatic heterocycles. The molecule has 0 saturated heterocycles. The Hall–Kier alpha value is -3.35. The molecule has 0 bridgehead atoms. The minimum absolute atomic E-state index is 0.223. The van der Waals surface area contributed by atoms with Gasteiger partial charge in [-0.2, -0.15) is 0 Å². The van der Waals surface area contributed by atoms with Crippen molar-refractivity contribution in [1.82, 2.24) is 19.9 Å². The molecule has 4 rings (SSSR count). The number of ether oxygens (including phenoxy) is 2. The average molecular weight is 409 g/mol. The molecular formula is C23H28N4O3. The van der Waals surface area contributed by atoms with Crippen LogP contribution in [0.25, 0.3) is 21.9 Å². The molecule has 2 aromatic carbocycles. The van der Waals surface area contributed by atoms with E-state index in [2.05, 4.69) is 59.8 Å². The first-order valence-electron chi connectivity index (χ1n) is 10.0. The van der Waals surface area contributed by atoms with Gasteiger partial charge in [-0.05, 0) is 43.2 Å². The van der Waals surface area contributed by atoms with Crippen molar-refractivity contribution in [1.29, 1.82) is 0 Å². The molecular weight excluding hydrogens is 380 g/mol. The second kappa shape index (κ2) is 8.98. The van der Waals surface area contributed by atoms with E-state index in [1.54, 1.807) is 19.2 Å². The molecule has 30 heavy (non-hydrogen) atoms. The van der Waals surface area contributed by atoms with Crippen molar-refractivity contribution >= 4 is 21.9 Å². The lowest BCUT2D eigenvalue weighted by atomic mass is 10.1. The van der Waals surface area contributed by atoms with Gasteiger partial charge in [0.2, 0.25) is 0 Å². The zero-order chi connectivity index (χ0) is 21.8. The summed E-state index contributed by atoms with van der Waals surface area (Å²) < 4.78 is 10.6. The highest BCUT2D eigenvalue weighted by Crippen LogP contribution is 2.30. The van der Waals surface area contributed by atoms with E-state index >= 15 is 0 Å². The standard InChI is InChI=1S/C20H20N4O3.C3H8/c1-10-5-14-15(6-11(10)2)23-18(22-14)9-19-21-13-8-17(27-4)16(26-3)7-12(13)20(25)24-19;1-3-2/h5-8H,9H2,1-4H3,(H,22,23)(H,21,24,25);3H2,1-2H3. The van der Waals surface area contributed by atoms with Gasteiger partial charge in [-0.25, -0.2) is 9.97 Å². The smallest absolute Gasteiger partial charge is 0.258 e. The Balaban J connectivity index is 0.000000806. The lowest BCUT2D eigenvalue weighted by molar-refractivity contribution is 0.355. The van der Waals surface area contributed by atoms with Crippen molar-refractivity contribution < 1.29 is 9.47 Å². The van der Waals surface area contributed by atoms with Crippen LogP contribution in [0, 0.1) is 13.8 Å². The number of benzene rings is 2. The fourth-order valence-corrected chi connectivity index (χ4v) is 3.16. The highest BCUT2D eigenvalue weighted by molar-refractivity contribution is 5.82. The van der Waals surface area contributed by atoms with Gasteiger partial charge in [0, 0.05) is 6.07 Å². The van der Waals surface area contributed by atoms with Gasteiger partial charge < -0.3 is 19.4 Å². The Morgan fingerprint density at radius 2 is 1.40 bits per heavy atom. The summed E-state index contributed by atoms with van der Waals surface area (Å²) in [6, 6.07) is 7.47. The quantitative estimate of drug-likeness (QED) is 0.521. The first-order chi connectivity index (χ1) is 14.4. The summed E-state index contributed by atoms with van der Waals surface area (Å²) in [5.74, 6) is 2.31. The Kier molecular flexibility index (Phi) is 6.40. The third-order valence-corrected chi connectivity index (χ3v) is 4.74. The van der Waals surface area contributed by atoms with Gasteiger partial charge in [-0.3, -0.25) is 4.79 Å². The topological polar surface area (TPSA) is 92.9 Å². The minimum atomic E-state index is -0.223. The van der Waals surface area contributed by atoms with Crippen LogP contribution in [0.1, 0.15) is 43.0 Å². The van der Waals surface area contributed by atoms with Crippen molar-refractivity contribution in [2.75, 3.05) is 14.2 Å². The van der Waals surface area contributed by atoms with E-state index in [0.29, 0.717) is 34.6 Å². The SMILES string of the molecule is CCC.COc1cc2nc(Cc3nc4cc(C)c(C)cc4[nH]3)[nH]c(=O)c2cc1OC. The van der Waals surface area contributed by atoms with Crippen molar-refractivity contribution in [3.63, 3.8) is 0 Å². The number of hydrogen-bond acceptors (Lipinski definition) is 5. The van der Waals surface area contributed by atoms with Gasteiger partial charge >= 0.3 is 0 Å². The molecule has 0 saturated carbocycles. The summed E-state index contributed by atoms with van der Waals surface area (Å²) in [7, 11) is 3.08. The average Bonchev–Trinajstić information content (AvgIpc) is 3.08. The zero-order valence-electron chi connectivity index (χ0n) is 18.3. The number of nitrogens with zero attached hydrogens (tertiary/aromatic N) is 2. The number of methoxy groups -OCH3 is 2. The van der Waals surface area contributed by atoms with Crippen LogP contribution in [0.3, 0.4) is 0 Å². The monoisotopic (exact) mass is 408 g/mol. The van der Waals surface area contributed by atoms with E-state index in [4.69, 9.17) is 9.47 Å². The first kappa shape index (κ1) is 21.4. The molecule has 0 aliphatic carbocycles. The normalized spacial score (nSPS) is 10.7. The van der Waals surface area contributed by atoms with E-state index in [1.807, 2.05) is 0 Å². The predicted molar refractivity (Wildman–Crippen MR) is 120 cm³/mol. The Bertz CT molecular complexity index is 1200. The largest absolute Gasteiger partial charge is 0.493 e. The molecule has 7 nitrogen and oxygen atoms in total. The number of fused-ring (bicyclic) bond motifs is 2. The lowest BCUT2D eigenvalue weighted by Gasteiger charge is -2.09. The van der Waals surface area contributed by atoms with Crippen LogP contribution in [-0.2, 0) is 6.42 Å². The molecule has 0 fully saturated rings. The number of aryl methyl sites for hydroxylation is 2. The van der Waals surface area contributed by atoms with Crippen LogP contribution in [0.5, 0.6) is 11.5 Å². The van der Waals surface area contributed by atoms with Gasteiger partial charge in [0.05, 0.1) is 42.6 Å². The first-order valence-corrected chi connectivity index (χ1v) is 10.0. The van der Waals surface area contributed by atoms with E-state index in [0.717, 1.165) is 16.9 Å². The summed E-state index contributed by atoms with van der Waals surface area (Å²) in [6.45, 7) is 8.38. The van der Waals surface area contributed by atoms with Crippen LogP contribution in [0.4, 0.5) is 0 Å². The molecule has 2 N–H and O–H groups in total. The second-order valence-electron chi connectivity index (χ2n) is 7.26. The maximum absolute atomic E-state index is 12.5. The molecule has 158 valence electrons. The molecule has 7 heteroatoms. The molecule has 0 atom stereocenters. The van der Waals surface area contributed by atoms with Crippen LogP contribution >= 0.6 is 0 Å². The second-order valence-corrected chi connectivity index (χ2v) is 7.26.